The number of furan rings is 1. The van der Waals surface area contributed by atoms with Crippen molar-refractivity contribution in [3.63, 3.8) is 0 Å². The van der Waals surface area contributed by atoms with E-state index in [9.17, 15) is 5.11 Å². The summed E-state index contributed by atoms with van der Waals surface area (Å²) in [6, 6.07) is 11.5. The molecule has 120 valence electrons. The number of imidazole rings is 1. The highest BCUT2D eigenvalue weighted by atomic mass is 16.3. The van der Waals surface area contributed by atoms with Gasteiger partial charge >= 0.3 is 0 Å². The number of nitrogens with one attached hydrogen (secondary N) is 1. The van der Waals surface area contributed by atoms with Gasteiger partial charge in [-0.05, 0) is 23.8 Å². The lowest BCUT2D eigenvalue weighted by atomic mass is 10.1. The van der Waals surface area contributed by atoms with Crippen molar-refractivity contribution >= 4 is 11.5 Å². The van der Waals surface area contributed by atoms with Crippen LogP contribution in [0.25, 0.3) is 16.9 Å². The molecule has 3 heterocycles. The summed E-state index contributed by atoms with van der Waals surface area (Å²) in [5.41, 5.74) is 3.56. The van der Waals surface area contributed by atoms with E-state index >= 15 is 0 Å². The average Bonchev–Trinajstić information content (AvgIpc) is 3.29. The van der Waals surface area contributed by atoms with Crippen LogP contribution in [0.5, 0.6) is 0 Å². The van der Waals surface area contributed by atoms with Crippen molar-refractivity contribution in [3.8, 4) is 11.3 Å². The maximum absolute atomic E-state index is 9.33. The zero-order valence-corrected chi connectivity index (χ0v) is 12.9. The Hall–Kier alpha value is -3.12. The van der Waals surface area contributed by atoms with Crippen LogP contribution in [0.1, 0.15) is 11.3 Å². The molecule has 6 heteroatoms. The van der Waals surface area contributed by atoms with E-state index in [1.807, 2.05) is 53.2 Å². The summed E-state index contributed by atoms with van der Waals surface area (Å²) in [4.78, 5) is 8.87. The lowest BCUT2D eigenvalue weighted by Gasteiger charge is -2.07. The van der Waals surface area contributed by atoms with Crippen molar-refractivity contribution in [3.05, 3.63) is 72.6 Å². The number of rotatable bonds is 5. The molecule has 0 spiro atoms. The van der Waals surface area contributed by atoms with Gasteiger partial charge in [0.05, 0.1) is 31.3 Å². The van der Waals surface area contributed by atoms with Gasteiger partial charge < -0.3 is 14.8 Å². The molecule has 0 aliphatic rings. The maximum Gasteiger partial charge on any atom is 0.180 e. The molecule has 0 radical (unpaired) electrons. The first-order valence-corrected chi connectivity index (χ1v) is 7.63. The predicted molar refractivity (Wildman–Crippen MR) is 90.4 cm³/mol. The molecule has 1 aromatic carbocycles. The first kappa shape index (κ1) is 14.5. The van der Waals surface area contributed by atoms with Crippen molar-refractivity contribution in [1.82, 2.24) is 14.4 Å². The first-order chi connectivity index (χ1) is 11.8. The quantitative estimate of drug-likeness (QED) is 0.591. The molecule has 0 bridgehead atoms. The number of hydrogen-bond acceptors (Lipinski definition) is 5. The fourth-order valence-corrected chi connectivity index (χ4v) is 2.67. The Labute approximate surface area is 138 Å². The molecule has 0 saturated carbocycles. The highest BCUT2D eigenvalue weighted by Crippen LogP contribution is 2.24. The number of benzene rings is 1. The van der Waals surface area contributed by atoms with Gasteiger partial charge in [0.15, 0.2) is 11.5 Å². The van der Waals surface area contributed by atoms with E-state index in [4.69, 9.17) is 4.42 Å². The summed E-state index contributed by atoms with van der Waals surface area (Å²) in [6.45, 7) is 0.559. The molecule has 0 unspecified atom stereocenters. The molecule has 0 aliphatic heterocycles. The zero-order chi connectivity index (χ0) is 16.4. The van der Waals surface area contributed by atoms with E-state index in [1.165, 1.54) is 0 Å². The third-order valence-corrected chi connectivity index (χ3v) is 3.84. The summed E-state index contributed by atoms with van der Waals surface area (Å²) in [6.07, 6.45) is 7.07. The Balaban J connectivity index is 1.70. The minimum absolute atomic E-state index is 0.0160. The third-order valence-electron chi connectivity index (χ3n) is 3.84. The van der Waals surface area contributed by atoms with Crippen LogP contribution in [-0.4, -0.2) is 19.5 Å². The fraction of sp³-hybridized carbons (Fsp3) is 0.111. The van der Waals surface area contributed by atoms with Crippen LogP contribution in [0.4, 0.5) is 5.82 Å². The van der Waals surface area contributed by atoms with E-state index in [1.54, 1.807) is 12.5 Å². The van der Waals surface area contributed by atoms with Crippen LogP contribution in [0.15, 0.2) is 65.7 Å². The fourth-order valence-electron chi connectivity index (χ4n) is 2.67. The third kappa shape index (κ3) is 2.63. The number of aliphatic hydroxyl groups is 1. The van der Waals surface area contributed by atoms with Gasteiger partial charge in [-0.3, -0.25) is 4.40 Å². The van der Waals surface area contributed by atoms with Crippen LogP contribution >= 0.6 is 0 Å². The van der Waals surface area contributed by atoms with Crippen molar-refractivity contribution in [2.45, 2.75) is 13.2 Å². The van der Waals surface area contributed by atoms with E-state index in [-0.39, 0.29) is 6.61 Å². The Morgan fingerprint density at radius 3 is 2.96 bits per heavy atom. The second-order valence-electron chi connectivity index (χ2n) is 5.40. The molecule has 6 nitrogen and oxygen atoms in total. The molecular formula is C18H16N4O2. The van der Waals surface area contributed by atoms with Crippen molar-refractivity contribution in [1.29, 1.82) is 0 Å². The highest BCUT2D eigenvalue weighted by molar-refractivity contribution is 5.70. The van der Waals surface area contributed by atoms with E-state index < -0.39 is 0 Å². The lowest BCUT2D eigenvalue weighted by Crippen LogP contribution is -2.03. The summed E-state index contributed by atoms with van der Waals surface area (Å²) < 4.78 is 7.31. The number of hydrogen-bond donors (Lipinski definition) is 2. The molecule has 0 saturated heterocycles. The van der Waals surface area contributed by atoms with Gasteiger partial charge in [0.25, 0.3) is 0 Å². The van der Waals surface area contributed by atoms with Crippen LogP contribution in [0.3, 0.4) is 0 Å². The zero-order valence-electron chi connectivity index (χ0n) is 12.9. The summed E-state index contributed by atoms with van der Waals surface area (Å²) in [5.74, 6) is 1.53. The normalized spacial score (nSPS) is 11.0. The second-order valence-corrected chi connectivity index (χ2v) is 5.40. The van der Waals surface area contributed by atoms with Crippen molar-refractivity contribution in [2.24, 2.45) is 0 Å². The lowest BCUT2D eigenvalue weighted by molar-refractivity contribution is 0.282. The Morgan fingerprint density at radius 2 is 2.12 bits per heavy atom. The van der Waals surface area contributed by atoms with E-state index in [0.717, 1.165) is 28.2 Å². The van der Waals surface area contributed by atoms with Gasteiger partial charge in [0.2, 0.25) is 0 Å². The van der Waals surface area contributed by atoms with Gasteiger partial charge in [0.1, 0.15) is 5.76 Å². The van der Waals surface area contributed by atoms with E-state index in [2.05, 4.69) is 15.3 Å². The molecule has 0 aliphatic carbocycles. The largest absolute Gasteiger partial charge is 0.467 e. The number of anilines is 1. The highest BCUT2D eigenvalue weighted by Gasteiger charge is 2.11. The topological polar surface area (TPSA) is 75.6 Å². The molecule has 3 aromatic heterocycles. The molecule has 0 atom stereocenters. The molecule has 0 fully saturated rings. The Morgan fingerprint density at radius 1 is 1.17 bits per heavy atom. The molecule has 4 rings (SSSR count). The minimum Gasteiger partial charge on any atom is -0.467 e. The van der Waals surface area contributed by atoms with Crippen LogP contribution in [0.2, 0.25) is 0 Å². The van der Waals surface area contributed by atoms with Gasteiger partial charge in [-0.1, -0.05) is 18.2 Å². The SMILES string of the molecule is OCc1cccc(-c2cnc3c(NCc4ccco4)nccn23)c1. The van der Waals surface area contributed by atoms with Gasteiger partial charge in [-0.2, -0.15) is 0 Å². The number of aliphatic hydroxyl groups excluding tert-OH is 1. The van der Waals surface area contributed by atoms with Crippen molar-refractivity contribution in [2.75, 3.05) is 5.32 Å². The standard InChI is InChI=1S/C18H16N4O2/c23-12-13-3-1-4-14(9-13)16-11-21-18-17(19-6-7-22(16)18)20-10-15-5-2-8-24-15/h1-9,11,23H,10,12H2,(H,19,20). The van der Waals surface area contributed by atoms with Gasteiger partial charge in [0, 0.05) is 18.0 Å². The molecular weight excluding hydrogens is 304 g/mol. The number of nitrogens with zero attached hydrogens (tertiary/aromatic N) is 3. The number of fused-ring (bicyclic) bond motifs is 1. The van der Waals surface area contributed by atoms with Crippen molar-refractivity contribution < 1.29 is 9.52 Å². The minimum atomic E-state index is 0.0160. The van der Waals surface area contributed by atoms with Gasteiger partial charge in [-0.25, -0.2) is 9.97 Å². The molecule has 24 heavy (non-hydrogen) atoms. The second kappa shape index (κ2) is 6.17. The number of aromatic nitrogens is 3. The molecule has 2 N–H and O–H groups in total. The van der Waals surface area contributed by atoms with E-state index in [0.29, 0.717) is 12.4 Å². The Kier molecular flexibility index (Phi) is 3.72. The molecule has 4 aromatic rings. The first-order valence-electron chi connectivity index (χ1n) is 7.63. The van der Waals surface area contributed by atoms with Crippen LogP contribution in [0, 0.1) is 0 Å². The average molecular weight is 320 g/mol. The predicted octanol–water partition coefficient (Wildman–Crippen LogP) is 3.09. The monoisotopic (exact) mass is 320 g/mol. The summed E-state index contributed by atoms with van der Waals surface area (Å²) >= 11 is 0. The van der Waals surface area contributed by atoms with Gasteiger partial charge in [-0.15, -0.1) is 0 Å². The summed E-state index contributed by atoms with van der Waals surface area (Å²) in [7, 11) is 0. The Bertz CT molecular complexity index is 960. The van der Waals surface area contributed by atoms with Crippen LogP contribution in [-0.2, 0) is 13.2 Å². The molecule has 0 amide bonds. The maximum atomic E-state index is 9.33. The smallest absolute Gasteiger partial charge is 0.180 e. The van der Waals surface area contributed by atoms with Crippen LogP contribution < -0.4 is 5.32 Å². The summed E-state index contributed by atoms with van der Waals surface area (Å²) in [5, 5.41) is 12.6.